The molecule has 0 saturated carbocycles. The van der Waals surface area contributed by atoms with Crippen LogP contribution in [0.2, 0.25) is 0 Å². The minimum Gasteiger partial charge on any atom is -0.368 e. The van der Waals surface area contributed by atoms with Gasteiger partial charge in [-0.15, -0.1) is 19.0 Å². The summed E-state index contributed by atoms with van der Waals surface area (Å²) in [5.41, 5.74) is 5.64. The van der Waals surface area contributed by atoms with Gasteiger partial charge in [0, 0.05) is 19.1 Å². The minimum absolute atomic E-state index is 0. The zero-order valence-corrected chi connectivity index (χ0v) is 10.4. The Labute approximate surface area is 103 Å². The fourth-order valence-corrected chi connectivity index (χ4v) is 1.89. The second-order valence-electron chi connectivity index (χ2n) is 3.78. The maximum absolute atomic E-state index is 11.8. The number of carbonyl (C=O) groups is 1. The predicted octanol–water partition coefficient (Wildman–Crippen LogP) is 0.951. The van der Waals surface area contributed by atoms with Crippen LogP contribution >= 0.6 is 12.4 Å². The van der Waals surface area contributed by atoms with Gasteiger partial charge in [-0.3, -0.25) is 4.79 Å². The van der Waals surface area contributed by atoms with E-state index >= 15 is 0 Å². The van der Waals surface area contributed by atoms with Gasteiger partial charge < -0.3 is 15.4 Å². The summed E-state index contributed by atoms with van der Waals surface area (Å²) in [4.78, 5) is 13.6. The van der Waals surface area contributed by atoms with Crippen molar-refractivity contribution >= 4 is 18.3 Å². The Kier molecular flexibility index (Phi) is 8.25. The molecule has 0 aromatic heterocycles. The van der Waals surface area contributed by atoms with Crippen LogP contribution in [0.15, 0.2) is 12.7 Å². The summed E-state index contributed by atoms with van der Waals surface area (Å²) in [5.74, 6) is 0.0481. The van der Waals surface area contributed by atoms with E-state index in [0.717, 1.165) is 19.4 Å². The third-order valence-corrected chi connectivity index (χ3v) is 2.68. The van der Waals surface area contributed by atoms with E-state index in [1.165, 1.54) is 6.42 Å². The third kappa shape index (κ3) is 4.51. The first-order chi connectivity index (χ1) is 7.29. The number of likely N-dealkylation sites (tertiary alicyclic amines) is 1. The van der Waals surface area contributed by atoms with Crippen molar-refractivity contribution < 1.29 is 9.53 Å². The van der Waals surface area contributed by atoms with Gasteiger partial charge >= 0.3 is 0 Å². The van der Waals surface area contributed by atoms with E-state index in [9.17, 15) is 4.79 Å². The standard InChI is InChI=1S/C11H20N2O2.ClH/c1-2-7-15-9-11(14)13-6-4-3-5-10(13)8-12;/h2,10H,1,3-9,12H2;1H. The lowest BCUT2D eigenvalue weighted by Crippen LogP contribution is -2.48. The molecule has 0 aromatic rings. The Balaban J connectivity index is 0.00000225. The van der Waals surface area contributed by atoms with Crippen LogP contribution in [-0.2, 0) is 9.53 Å². The van der Waals surface area contributed by atoms with Crippen molar-refractivity contribution in [3.63, 3.8) is 0 Å². The minimum atomic E-state index is 0. The summed E-state index contributed by atoms with van der Waals surface area (Å²) in [6.45, 7) is 5.46. The van der Waals surface area contributed by atoms with Crippen LogP contribution in [0, 0.1) is 0 Å². The molecule has 0 radical (unpaired) electrons. The van der Waals surface area contributed by atoms with E-state index in [1.807, 2.05) is 4.90 Å². The van der Waals surface area contributed by atoms with Gasteiger partial charge in [0.25, 0.3) is 0 Å². The molecule has 2 N–H and O–H groups in total. The van der Waals surface area contributed by atoms with E-state index in [-0.39, 0.29) is 31.0 Å². The van der Waals surface area contributed by atoms with Crippen molar-refractivity contribution in [2.24, 2.45) is 5.73 Å². The molecule has 16 heavy (non-hydrogen) atoms. The number of halogens is 1. The average molecular weight is 249 g/mol. The first-order valence-corrected chi connectivity index (χ1v) is 5.47. The fourth-order valence-electron chi connectivity index (χ4n) is 1.89. The van der Waals surface area contributed by atoms with Crippen LogP contribution in [0.5, 0.6) is 0 Å². The molecule has 1 heterocycles. The molecule has 1 saturated heterocycles. The van der Waals surface area contributed by atoms with E-state index in [2.05, 4.69) is 6.58 Å². The molecule has 0 aliphatic carbocycles. The highest BCUT2D eigenvalue weighted by atomic mass is 35.5. The lowest BCUT2D eigenvalue weighted by Gasteiger charge is -2.34. The Bertz CT molecular complexity index is 224. The zero-order chi connectivity index (χ0) is 11.1. The number of piperidine rings is 1. The maximum atomic E-state index is 11.8. The Morgan fingerprint density at radius 1 is 1.56 bits per heavy atom. The fraction of sp³-hybridized carbons (Fsp3) is 0.727. The van der Waals surface area contributed by atoms with Crippen molar-refractivity contribution in [2.75, 3.05) is 26.3 Å². The van der Waals surface area contributed by atoms with Crippen LogP contribution in [0.4, 0.5) is 0 Å². The van der Waals surface area contributed by atoms with Crippen LogP contribution < -0.4 is 5.73 Å². The van der Waals surface area contributed by atoms with Gasteiger partial charge in [-0.25, -0.2) is 0 Å². The lowest BCUT2D eigenvalue weighted by atomic mass is 10.0. The predicted molar refractivity (Wildman–Crippen MR) is 66.7 cm³/mol. The summed E-state index contributed by atoms with van der Waals surface area (Å²) in [7, 11) is 0. The van der Waals surface area contributed by atoms with Crippen LogP contribution in [0.1, 0.15) is 19.3 Å². The maximum Gasteiger partial charge on any atom is 0.248 e. The van der Waals surface area contributed by atoms with E-state index in [1.54, 1.807) is 6.08 Å². The van der Waals surface area contributed by atoms with Crippen LogP contribution in [-0.4, -0.2) is 43.2 Å². The van der Waals surface area contributed by atoms with Gasteiger partial charge in [0.05, 0.1) is 6.61 Å². The van der Waals surface area contributed by atoms with Crippen LogP contribution in [0.3, 0.4) is 0 Å². The number of hydrogen-bond donors (Lipinski definition) is 1. The van der Waals surface area contributed by atoms with Crippen molar-refractivity contribution in [3.8, 4) is 0 Å². The molecule has 94 valence electrons. The van der Waals surface area contributed by atoms with E-state index in [4.69, 9.17) is 10.5 Å². The van der Waals surface area contributed by atoms with Crippen molar-refractivity contribution in [1.29, 1.82) is 0 Å². The SMILES string of the molecule is C=CCOCC(=O)N1CCCCC1CN.Cl. The van der Waals surface area contributed by atoms with Gasteiger partial charge in [0.15, 0.2) is 0 Å². The van der Waals surface area contributed by atoms with Gasteiger partial charge in [0.1, 0.15) is 6.61 Å². The summed E-state index contributed by atoms with van der Waals surface area (Å²) < 4.78 is 5.14. The smallest absolute Gasteiger partial charge is 0.248 e. The highest BCUT2D eigenvalue weighted by Crippen LogP contribution is 2.16. The summed E-state index contributed by atoms with van der Waals surface area (Å²) in [6.07, 6.45) is 4.90. The van der Waals surface area contributed by atoms with Crippen molar-refractivity contribution in [2.45, 2.75) is 25.3 Å². The molecule has 1 atom stereocenters. The number of hydrogen-bond acceptors (Lipinski definition) is 3. The summed E-state index contributed by atoms with van der Waals surface area (Å²) >= 11 is 0. The average Bonchev–Trinajstić information content (AvgIpc) is 2.29. The molecule has 4 nitrogen and oxygen atoms in total. The Morgan fingerprint density at radius 3 is 2.94 bits per heavy atom. The van der Waals surface area contributed by atoms with Crippen LogP contribution in [0.25, 0.3) is 0 Å². The third-order valence-electron chi connectivity index (χ3n) is 2.68. The number of rotatable bonds is 5. The second kappa shape index (κ2) is 8.56. The van der Waals surface area contributed by atoms with E-state index in [0.29, 0.717) is 13.2 Å². The number of carbonyl (C=O) groups excluding carboxylic acids is 1. The van der Waals surface area contributed by atoms with Crippen molar-refractivity contribution in [3.05, 3.63) is 12.7 Å². The Morgan fingerprint density at radius 2 is 2.31 bits per heavy atom. The molecule has 1 fully saturated rings. The monoisotopic (exact) mass is 248 g/mol. The molecule has 1 aliphatic heterocycles. The largest absolute Gasteiger partial charge is 0.368 e. The topological polar surface area (TPSA) is 55.6 Å². The normalized spacial score (nSPS) is 20.1. The number of nitrogens with zero attached hydrogens (tertiary/aromatic N) is 1. The Hall–Kier alpha value is -0.580. The van der Waals surface area contributed by atoms with Gasteiger partial charge in [-0.05, 0) is 19.3 Å². The van der Waals surface area contributed by atoms with E-state index < -0.39 is 0 Å². The number of ether oxygens (including phenoxy) is 1. The molecule has 0 bridgehead atoms. The van der Waals surface area contributed by atoms with Gasteiger partial charge in [0.2, 0.25) is 5.91 Å². The molecular weight excluding hydrogens is 228 g/mol. The molecular formula is C11H21ClN2O2. The number of amides is 1. The van der Waals surface area contributed by atoms with Gasteiger partial charge in [-0.2, -0.15) is 0 Å². The second-order valence-corrected chi connectivity index (χ2v) is 3.78. The molecule has 0 aromatic carbocycles. The lowest BCUT2D eigenvalue weighted by molar-refractivity contribution is -0.139. The molecule has 1 aliphatic rings. The number of nitrogens with two attached hydrogens (primary N) is 1. The molecule has 1 unspecified atom stereocenters. The first kappa shape index (κ1) is 15.4. The highest BCUT2D eigenvalue weighted by Gasteiger charge is 2.25. The highest BCUT2D eigenvalue weighted by molar-refractivity contribution is 5.85. The van der Waals surface area contributed by atoms with Crippen molar-refractivity contribution in [1.82, 2.24) is 4.90 Å². The molecule has 0 spiro atoms. The quantitative estimate of drug-likeness (QED) is 0.582. The first-order valence-electron chi connectivity index (χ1n) is 5.47. The molecule has 1 amide bonds. The zero-order valence-electron chi connectivity index (χ0n) is 9.56. The summed E-state index contributed by atoms with van der Waals surface area (Å²) in [5, 5.41) is 0. The van der Waals surface area contributed by atoms with Gasteiger partial charge in [-0.1, -0.05) is 6.08 Å². The summed E-state index contributed by atoms with van der Waals surface area (Å²) in [6, 6.07) is 0.207. The molecule has 1 rings (SSSR count). The molecule has 5 heteroatoms.